The number of carbonyl (C=O) groups excluding carboxylic acids is 2. The first kappa shape index (κ1) is 15.9. The van der Waals surface area contributed by atoms with Crippen molar-refractivity contribution in [1.29, 1.82) is 0 Å². The number of carboxylic acid groups (broad SMARTS) is 1. The van der Waals surface area contributed by atoms with E-state index in [1.165, 1.54) is 11.8 Å². The molecule has 2 amide bonds. The predicted octanol–water partition coefficient (Wildman–Crippen LogP) is -1.53. The Balaban J connectivity index is 4.99. The van der Waals surface area contributed by atoms with Crippen LogP contribution in [0.4, 0.5) is 0 Å². The number of hydrogen-bond donors (Lipinski definition) is 3. The molecule has 17 heavy (non-hydrogen) atoms. The fourth-order valence-corrected chi connectivity index (χ4v) is 1.73. The molecule has 98 valence electrons. The number of imide groups is 1. The normalized spacial score (nSPS) is 11.9. The van der Waals surface area contributed by atoms with E-state index < -0.39 is 36.9 Å². The SMILES string of the molecule is CSCC[C@@H](C(=O)O)N(C(=O)CN)C(=O)CN. The minimum Gasteiger partial charge on any atom is -0.480 e. The van der Waals surface area contributed by atoms with Crippen LogP contribution in [0.1, 0.15) is 6.42 Å². The van der Waals surface area contributed by atoms with E-state index in [0.717, 1.165) is 0 Å². The van der Waals surface area contributed by atoms with Crippen LogP contribution in [0.25, 0.3) is 0 Å². The summed E-state index contributed by atoms with van der Waals surface area (Å²) in [5, 5.41) is 9.02. The maximum atomic E-state index is 11.5. The number of carbonyl (C=O) groups is 3. The highest BCUT2D eigenvalue weighted by molar-refractivity contribution is 7.98. The van der Waals surface area contributed by atoms with Crippen molar-refractivity contribution in [2.24, 2.45) is 11.5 Å². The van der Waals surface area contributed by atoms with Crippen molar-refractivity contribution in [3.05, 3.63) is 0 Å². The topological polar surface area (TPSA) is 127 Å². The second-order valence-electron chi connectivity index (χ2n) is 3.20. The minimum absolute atomic E-state index is 0.175. The van der Waals surface area contributed by atoms with Crippen LogP contribution in [0, 0.1) is 0 Å². The number of rotatable bonds is 7. The van der Waals surface area contributed by atoms with Crippen LogP contribution >= 0.6 is 11.8 Å². The third-order valence-corrected chi connectivity index (χ3v) is 2.72. The summed E-state index contributed by atoms with van der Waals surface area (Å²) in [4.78, 5) is 34.7. The summed E-state index contributed by atoms with van der Waals surface area (Å²) in [6.07, 6.45) is 1.98. The first-order valence-corrected chi connectivity index (χ1v) is 6.35. The number of aliphatic carboxylic acids is 1. The van der Waals surface area contributed by atoms with Crippen LogP contribution < -0.4 is 11.5 Å². The number of nitrogens with zero attached hydrogens (tertiary/aromatic N) is 1. The summed E-state index contributed by atoms with van der Waals surface area (Å²) in [6, 6.07) is -1.20. The maximum Gasteiger partial charge on any atom is 0.326 e. The molecular weight excluding hydrogens is 246 g/mol. The molecule has 0 aromatic heterocycles. The lowest BCUT2D eigenvalue weighted by molar-refractivity contribution is -0.157. The lowest BCUT2D eigenvalue weighted by Gasteiger charge is -2.26. The van der Waals surface area contributed by atoms with E-state index in [1.807, 2.05) is 0 Å². The lowest BCUT2D eigenvalue weighted by atomic mass is 10.2. The molecule has 0 aliphatic heterocycles. The van der Waals surface area contributed by atoms with E-state index >= 15 is 0 Å². The van der Waals surface area contributed by atoms with E-state index in [-0.39, 0.29) is 6.42 Å². The second-order valence-corrected chi connectivity index (χ2v) is 4.19. The fourth-order valence-electron chi connectivity index (χ4n) is 1.28. The summed E-state index contributed by atoms with van der Waals surface area (Å²) in [6.45, 7) is -0.844. The van der Waals surface area contributed by atoms with Crippen LogP contribution in [-0.4, -0.2) is 58.9 Å². The van der Waals surface area contributed by atoms with Gasteiger partial charge in [-0.25, -0.2) is 4.79 Å². The van der Waals surface area contributed by atoms with Crippen molar-refractivity contribution in [2.45, 2.75) is 12.5 Å². The molecule has 7 nitrogen and oxygen atoms in total. The first-order chi connectivity index (χ1) is 7.99. The van der Waals surface area contributed by atoms with E-state index in [1.54, 1.807) is 6.26 Å². The Kier molecular flexibility index (Phi) is 7.51. The fraction of sp³-hybridized carbons (Fsp3) is 0.667. The molecule has 0 radical (unpaired) electrons. The molecule has 0 saturated carbocycles. The third-order valence-electron chi connectivity index (χ3n) is 2.08. The summed E-state index contributed by atoms with van der Waals surface area (Å²) in [7, 11) is 0. The molecule has 0 aromatic carbocycles. The van der Waals surface area contributed by atoms with Crippen molar-refractivity contribution >= 4 is 29.5 Å². The van der Waals surface area contributed by atoms with Gasteiger partial charge in [0.25, 0.3) is 0 Å². The summed E-state index contributed by atoms with van der Waals surface area (Å²) < 4.78 is 0. The Hall–Kier alpha value is -1.12. The highest BCUT2D eigenvalue weighted by Gasteiger charge is 2.32. The highest BCUT2D eigenvalue weighted by Crippen LogP contribution is 2.09. The molecule has 1 atom stereocenters. The average Bonchev–Trinajstić information content (AvgIpc) is 2.32. The molecule has 5 N–H and O–H groups in total. The van der Waals surface area contributed by atoms with Gasteiger partial charge in [-0.1, -0.05) is 0 Å². The molecule has 0 spiro atoms. The van der Waals surface area contributed by atoms with Gasteiger partial charge in [0.1, 0.15) is 6.04 Å². The largest absolute Gasteiger partial charge is 0.480 e. The van der Waals surface area contributed by atoms with Gasteiger partial charge in [0.15, 0.2) is 0 Å². The molecule has 8 heteroatoms. The Bertz CT molecular complexity index is 282. The molecule has 0 aliphatic carbocycles. The van der Waals surface area contributed by atoms with Gasteiger partial charge < -0.3 is 16.6 Å². The van der Waals surface area contributed by atoms with E-state index in [4.69, 9.17) is 16.6 Å². The molecule has 0 aromatic rings. The maximum absolute atomic E-state index is 11.5. The minimum atomic E-state index is -1.23. The molecule has 0 unspecified atom stereocenters. The monoisotopic (exact) mass is 263 g/mol. The van der Waals surface area contributed by atoms with Crippen molar-refractivity contribution in [2.75, 3.05) is 25.1 Å². The quantitative estimate of drug-likeness (QED) is 0.508. The second kappa shape index (κ2) is 8.04. The van der Waals surface area contributed by atoms with Gasteiger partial charge in [0.2, 0.25) is 11.8 Å². The smallest absolute Gasteiger partial charge is 0.326 e. The molecule has 0 rings (SSSR count). The Morgan fingerprint density at radius 1 is 1.24 bits per heavy atom. The number of thioether (sulfide) groups is 1. The first-order valence-electron chi connectivity index (χ1n) is 4.96. The number of carboxylic acids is 1. The predicted molar refractivity (Wildman–Crippen MR) is 64.4 cm³/mol. The Labute approximate surface area is 104 Å². The van der Waals surface area contributed by atoms with Gasteiger partial charge in [0.05, 0.1) is 13.1 Å². The van der Waals surface area contributed by atoms with Crippen LogP contribution in [0.2, 0.25) is 0 Å². The van der Waals surface area contributed by atoms with Crippen molar-refractivity contribution in [3.8, 4) is 0 Å². The molecule has 0 bridgehead atoms. The third kappa shape index (κ3) is 4.72. The summed E-state index contributed by atoms with van der Waals surface area (Å²) in [5.74, 6) is -2.17. The van der Waals surface area contributed by atoms with Gasteiger partial charge in [-0.15, -0.1) is 0 Å². The van der Waals surface area contributed by atoms with Crippen molar-refractivity contribution in [3.63, 3.8) is 0 Å². The van der Waals surface area contributed by atoms with Gasteiger partial charge in [-0.3, -0.25) is 14.5 Å². The van der Waals surface area contributed by atoms with E-state index in [9.17, 15) is 14.4 Å². The zero-order valence-corrected chi connectivity index (χ0v) is 10.4. The van der Waals surface area contributed by atoms with Crippen LogP contribution in [-0.2, 0) is 14.4 Å². The van der Waals surface area contributed by atoms with Gasteiger partial charge in [0, 0.05) is 0 Å². The molecule has 0 aliphatic rings. The lowest BCUT2D eigenvalue weighted by Crippen LogP contribution is -2.52. The van der Waals surface area contributed by atoms with Crippen LogP contribution in [0.3, 0.4) is 0 Å². The average molecular weight is 263 g/mol. The van der Waals surface area contributed by atoms with Crippen LogP contribution in [0.15, 0.2) is 0 Å². The Morgan fingerprint density at radius 3 is 2.00 bits per heavy atom. The van der Waals surface area contributed by atoms with Crippen LogP contribution in [0.5, 0.6) is 0 Å². The van der Waals surface area contributed by atoms with Crippen molar-refractivity contribution < 1.29 is 19.5 Å². The summed E-state index contributed by atoms with van der Waals surface area (Å²) >= 11 is 1.43. The standard InChI is InChI=1S/C9H17N3O4S/c1-17-3-2-6(9(15)16)12(7(13)4-10)8(14)5-11/h6H,2-5,10-11H2,1H3,(H,15,16)/t6-/m0/s1. The number of hydrogen-bond acceptors (Lipinski definition) is 6. The van der Waals surface area contributed by atoms with Crippen molar-refractivity contribution in [1.82, 2.24) is 4.90 Å². The molecule has 0 fully saturated rings. The Morgan fingerprint density at radius 2 is 1.71 bits per heavy atom. The van der Waals surface area contributed by atoms with Gasteiger partial charge >= 0.3 is 5.97 Å². The molecular formula is C9H17N3O4S. The van der Waals surface area contributed by atoms with E-state index in [0.29, 0.717) is 10.7 Å². The molecule has 0 saturated heterocycles. The molecule has 0 heterocycles. The highest BCUT2D eigenvalue weighted by atomic mass is 32.2. The van der Waals surface area contributed by atoms with Gasteiger partial charge in [-0.2, -0.15) is 11.8 Å². The zero-order chi connectivity index (χ0) is 13.4. The number of amides is 2. The van der Waals surface area contributed by atoms with Gasteiger partial charge in [-0.05, 0) is 18.4 Å². The van der Waals surface area contributed by atoms with E-state index in [2.05, 4.69) is 0 Å². The number of nitrogens with two attached hydrogens (primary N) is 2. The zero-order valence-electron chi connectivity index (χ0n) is 9.59. The summed E-state index contributed by atoms with van der Waals surface area (Å²) in [5.41, 5.74) is 10.3.